The molecule has 1 spiro atoms. The summed E-state index contributed by atoms with van der Waals surface area (Å²) >= 11 is 0. The van der Waals surface area contributed by atoms with E-state index in [0.717, 1.165) is 19.3 Å². The Kier molecular flexibility index (Phi) is 4.57. The van der Waals surface area contributed by atoms with E-state index in [0.29, 0.717) is 32.6 Å². The number of carbonyl (C=O) groups is 3. The highest BCUT2D eigenvalue weighted by atomic mass is 16.5. The van der Waals surface area contributed by atoms with Gasteiger partial charge in [-0.15, -0.1) is 0 Å². The van der Waals surface area contributed by atoms with Crippen LogP contribution in [-0.2, 0) is 14.3 Å². The molecule has 7 heteroatoms. The van der Waals surface area contributed by atoms with Crippen molar-refractivity contribution in [3.63, 3.8) is 0 Å². The van der Waals surface area contributed by atoms with Crippen LogP contribution >= 0.6 is 0 Å². The van der Waals surface area contributed by atoms with Crippen molar-refractivity contribution in [1.29, 1.82) is 0 Å². The van der Waals surface area contributed by atoms with Crippen molar-refractivity contribution in [3.05, 3.63) is 0 Å². The summed E-state index contributed by atoms with van der Waals surface area (Å²) in [7, 11) is 0. The number of hydrogen-bond donors (Lipinski definition) is 1. The summed E-state index contributed by atoms with van der Waals surface area (Å²) in [6.07, 6.45) is 4.64. The highest BCUT2D eigenvalue weighted by Crippen LogP contribution is 2.33. The lowest BCUT2D eigenvalue weighted by Gasteiger charge is -2.33. The largest absolute Gasteiger partial charge is 0.377 e. The summed E-state index contributed by atoms with van der Waals surface area (Å²) in [5.74, 6) is -0.170. The molecule has 2 heterocycles. The maximum absolute atomic E-state index is 12.6. The second-order valence-electron chi connectivity index (χ2n) is 6.79. The molecule has 0 unspecified atom stereocenters. The van der Waals surface area contributed by atoms with Crippen molar-refractivity contribution in [1.82, 2.24) is 15.1 Å². The van der Waals surface area contributed by atoms with Crippen LogP contribution in [-0.4, -0.2) is 65.5 Å². The Morgan fingerprint density at radius 3 is 2.74 bits per heavy atom. The van der Waals surface area contributed by atoms with Gasteiger partial charge in [-0.1, -0.05) is 19.3 Å². The van der Waals surface area contributed by atoms with E-state index in [4.69, 9.17) is 4.74 Å². The number of hydrogen-bond acceptors (Lipinski definition) is 4. The molecule has 1 saturated carbocycles. The van der Waals surface area contributed by atoms with E-state index in [-0.39, 0.29) is 36.9 Å². The van der Waals surface area contributed by atoms with E-state index in [9.17, 15) is 14.4 Å². The monoisotopic (exact) mass is 323 g/mol. The number of ether oxygens (including phenoxy) is 1. The molecule has 0 aromatic rings. The van der Waals surface area contributed by atoms with Crippen LogP contribution in [0, 0.1) is 0 Å². The van der Waals surface area contributed by atoms with Crippen molar-refractivity contribution in [2.75, 3.05) is 26.3 Å². The zero-order valence-electron chi connectivity index (χ0n) is 13.7. The van der Waals surface area contributed by atoms with Gasteiger partial charge in [-0.25, -0.2) is 4.79 Å². The Labute approximate surface area is 136 Å². The minimum absolute atomic E-state index is 0.0222. The number of nitrogens with one attached hydrogen (secondary N) is 1. The van der Waals surface area contributed by atoms with E-state index in [2.05, 4.69) is 5.32 Å². The van der Waals surface area contributed by atoms with Crippen LogP contribution in [0.15, 0.2) is 0 Å². The van der Waals surface area contributed by atoms with Crippen molar-refractivity contribution in [2.24, 2.45) is 0 Å². The highest BCUT2D eigenvalue weighted by Gasteiger charge is 2.51. The third-order valence-electron chi connectivity index (χ3n) is 5.19. The number of carbonyl (C=O) groups excluding carboxylic acids is 3. The summed E-state index contributed by atoms with van der Waals surface area (Å²) in [6, 6.07) is -0.302. The van der Waals surface area contributed by atoms with Crippen LogP contribution in [0.1, 0.15) is 45.4 Å². The summed E-state index contributed by atoms with van der Waals surface area (Å²) in [5.41, 5.74) is -0.704. The van der Waals surface area contributed by atoms with Crippen LogP contribution in [0.2, 0.25) is 0 Å². The standard InChI is InChI=1S/C16H25N3O4/c1-12-11-23-10-9-18(12)13(20)5-8-19-14(21)16(17-15(19)22)6-3-2-4-7-16/h12H,2-11H2,1H3,(H,17,22)/t12-/m1/s1. The number of amides is 4. The van der Waals surface area contributed by atoms with Crippen LogP contribution in [0.25, 0.3) is 0 Å². The molecule has 1 atom stereocenters. The molecule has 1 N–H and O–H groups in total. The number of rotatable bonds is 3. The van der Waals surface area contributed by atoms with E-state index < -0.39 is 5.54 Å². The minimum Gasteiger partial charge on any atom is -0.377 e. The van der Waals surface area contributed by atoms with Crippen LogP contribution in [0.5, 0.6) is 0 Å². The first-order valence-electron chi connectivity index (χ1n) is 8.55. The van der Waals surface area contributed by atoms with Crippen LogP contribution in [0.3, 0.4) is 0 Å². The third kappa shape index (κ3) is 3.06. The van der Waals surface area contributed by atoms with Gasteiger partial charge in [0.05, 0.1) is 19.3 Å². The first kappa shape index (κ1) is 16.2. The van der Waals surface area contributed by atoms with E-state index in [1.807, 2.05) is 6.92 Å². The number of nitrogens with zero attached hydrogens (tertiary/aromatic N) is 2. The lowest BCUT2D eigenvalue weighted by Crippen LogP contribution is -2.49. The molecule has 3 fully saturated rings. The molecule has 0 bridgehead atoms. The average Bonchev–Trinajstić information content (AvgIpc) is 2.77. The molecule has 128 valence electrons. The number of morpholine rings is 1. The first-order valence-corrected chi connectivity index (χ1v) is 8.55. The van der Waals surface area contributed by atoms with Gasteiger partial charge in [0.25, 0.3) is 5.91 Å². The van der Waals surface area contributed by atoms with Crippen molar-refractivity contribution < 1.29 is 19.1 Å². The zero-order valence-corrected chi connectivity index (χ0v) is 13.7. The average molecular weight is 323 g/mol. The molecule has 2 aliphatic heterocycles. The molecular weight excluding hydrogens is 298 g/mol. The van der Waals surface area contributed by atoms with Crippen molar-refractivity contribution >= 4 is 17.8 Å². The highest BCUT2D eigenvalue weighted by molar-refractivity contribution is 6.07. The Morgan fingerprint density at radius 1 is 1.30 bits per heavy atom. The van der Waals surface area contributed by atoms with Gasteiger partial charge in [0.2, 0.25) is 5.91 Å². The topological polar surface area (TPSA) is 79.0 Å². The lowest BCUT2D eigenvalue weighted by molar-refractivity contribution is -0.140. The molecule has 0 radical (unpaired) electrons. The van der Waals surface area contributed by atoms with Gasteiger partial charge in [0.15, 0.2) is 0 Å². The van der Waals surface area contributed by atoms with E-state index in [1.54, 1.807) is 4.90 Å². The number of urea groups is 1. The van der Waals surface area contributed by atoms with Crippen molar-refractivity contribution in [2.45, 2.75) is 57.0 Å². The Bertz CT molecular complexity index is 502. The van der Waals surface area contributed by atoms with Crippen LogP contribution in [0.4, 0.5) is 4.79 Å². The Morgan fingerprint density at radius 2 is 2.04 bits per heavy atom. The smallest absolute Gasteiger partial charge is 0.325 e. The second-order valence-corrected chi connectivity index (χ2v) is 6.79. The predicted molar refractivity (Wildman–Crippen MR) is 82.7 cm³/mol. The Balaban J connectivity index is 1.58. The van der Waals surface area contributed by atoms with Crippen molar-refractivity contribution in [3.8, 4) is 0 Å². The number of imide groups is 1. The van der Waals surface area contributed by atoms with E-state index in [1.165, 1.54) is 4.90 Å². The first-order chi connectivity index (χ1) is 11.0. The second kappa shape index (κ2) is 6.47. The molecular formula is C16H25N3O4. The SMILES string of the molecule is C[C@@H]1COCCN1C(=O)CCN1C(=O)NC2(CCCCC2)C1=O. The molecule has 0 aromatic carbocycles. The fourth-order valence-electron chi connectivity index (χ4n) is 3.82. The molecule has 23 heavy (non-hydrogen) atoms. The van der Waals surface area contributed by atoms with Gasteiger partial charge >= 0.3 is 6.03 Å². The minimum atomic E-state index is -0.704. The lowest BCUT2D eigenvalue weighted by atomic mass is 9.82. The van der Waals surface area contributed by atoms with Crippen LogP contribution < -0.4 is 5.32 Å². The molecule has 3 aliphatic rings. The molecule has 2 saturated heterocycles. The third-order valence-corrected chi connectivity index (χ3v) is 5.19. The van der Waals surface area contributed by atoms with Gasteiger partial charge in [0.1, 0.15) is 5.54 Å². The van der Waals surface area contributed by atoms with E-state index >= 15 is 0 Å². The summed E-state index contributed by atoms with van der Waals surface area (Å²) in [6.45, 7) is 3.77. The normalized spacial score (nSPS) is 27.4. The van der Waals surface area contributed by atoms with Gasteiger partial charge in [-0.05, 0) is 19.8 Å². The quantitative estimate of drug-likeness (QED) is 0.782. The van der Waals surface area contributed by atoms with Gasteiger partial charge in [-0.3, -0.25) is 14.5 Å². The fraction of sp³-hybridized carbons (Fsp3) is 0.812. The summed E-state index contributed by atoms with van der Waals surface area (Å²) < 4.78 is 5.33. The predicted octanol–water partition coefficient (Wildman–Crippen LogP) is 0.878. The van der Waals surface area contributed by atoms with Gasteiger partial charge in [0, 0.05) is 19.5 Å². The molecule has 7 nitrogen and oxygen atoms in total. The molecule has 1 aliphatic carbocycles. The van der Waals surface area contributed by atoms with Gasteiger partial charge in [-0.2, -0.15) is 0 Å². The van der Waals surface area contributed by atoms with Gasteiger partial charge < -0.3 is 15.0 Å². The fourth-order valence-corrected chi connectivity index (χ4v) is 3.82. The summed E-state index contributed by atoms with van der Waals surface area (Å²) in [4.78, 5) is 40.2. The molecule has 3 rings (SSSR count). The maximum atomic E-state index is 12.6. The molecule has 0 aromatic heterocycles. The summed E-state index contributed by atoms with van der Waals surface area (Å²) in [5, 5.41) is 2.87. The Hall–Kier alpha value is -1.63. The maximum Gasteiger partial charge on any atom is 0.325 e. The zero-order chi connectivity index (χ0) is 16.4. The molecule has 4 amide bonds.